The number of fused-ring (bicyclic) bond motifs is 1. The first-order valence-electron chi connectivity index (χ1n) is 10.6. The molecule has 2 aromatic carbocycles. The van der Waals surface area contributed by atoms with E-state index >= 15 is 0 Å². The van der Waals surface area contributed by atoms with Crippen LogP contribution in [0.15, 0.2) is 64.5 Å². The van der Waals surface area contributed by atoms with Gasteiger partial charge in [-0.1, -0.05) is 12.1 Å². The standard InChI is InChI=1S/C24H25N5O4S/c1-15(2)28-14-25-24-26-17(11-22(30)29(24)28)13-34-21-8-6-5-7-20(21)27-23(31)16-9-18(32-3)12-19(10-16)33-4/h5-12,14-15H,13H2,1-4H3,(H,27,31). The number of nitrogens with one attached hydrogen (secondary N) is 1. The largest absolute Gasteiger partial charge is 0.497 e. The van der Waals surface area contributed by atoms with E-state index in [0.29, 0.717) is 40.0 Å². The molecule has 1 N–H and O–H groups in total. The zero-order chi connectivity index (χ0) is 24.2. The van der Waals surface area contributed by atoms with Crippen molar-refractivity contribution in [3.63, 3.8) is 0 Å². The number of carbonyl (C=O) groups is 1. The highest BCUT2D eigenvalue weighted by Crippen LogP contribution is 2.30. The second-order valence-electron chi connectivity index (χ2n) is 7.76. The Morgan fingerprint density at radius 3 is 2.47 bits per heavy atom. The van der Waals surface area contributed by atoms with Gasteiger partial charge in [0.2, 0.25) is 0 Å². The quantitative estimate of drug-likeness (QED) is 0.381. The Balaban J connectivity index is 1.53. The Morgan fingerprint density at radius 1 is 1.09 bits per heavy atom. The third kappa shape index (κ3) is 4.91. The number of para-hydroxylation sites is 1. The predicted molar refractivity (Wildman–Crippen MR) is 131 cm³/mol. The molecule has 176 valence electrons. The molecule has 34 heavy (non-hydrogen) atoms. The van der Waals surface area contributed by atoms with Crippen molar-refractivity contribution in [1.29, 1.82) is 0 Å². The second-order valence-corrected chi connectivity index (χ2v) is 8.77. The van der Waals surface area contributed by atoms with Gasteiger partial charge in [0, 0.05) is 34.4 Å². The molecule has 4 aromatic rings. The third-order valence-electron chi connectivity index (χ3n) is 5.11. The Bertz CT molecular complexity index is 1370. The number of ether oxygens (including phenoxy) is 2. The van der Waals surface area contributed by atoms with Gasteiger partial charge < -0.3 is 14.8 Å². The van der Waals surface area contributed by atoms with E-state index in [1.54, 1.807) is 29.2 Å². The molecular weight excluding hydrogens is 454 g/mol. The van der Waals surface area contributed by atoms with Gasteiger partial charge >= 0.3 is 0 Å². The van der Waals surface area contributed by atoms with Crippen LogP contribution in [-0.4, -0.2) is 39.3 Å². The monoisotopic (exact) mass is 479 g/mol. The van der Waals surface area contributed by atoms with E-state index in [2.05, 4.69) is 15.3 Å². The van der Waals surface area contributed by atoms with Crippen LogP contribution in [0.1, 0.15) is 35.9 Å². The Morgan fingerprint density at radius 2 is 1.79 bits per heavy atom. The maximum atomic E-state index is 12.9. The first-order valence-corrected chi connectivity index (χ1v) is 11.6. The van der Waals surface area contributed by atoms with E-state index in [-0.39, 0.29) is 17.5 Å². The minimum absolute atomic E-state index is 0.0877. The van der Waals surface area contributed by atoms with Crippen LogP contribution in [0.2, 0.25) is 0 Å². The highest BCUT2D eigenvalue weighted by atomic mass is 32.2. The number of anilines is 1. The van der Waals surface area contributed by atoms with E-state index < -0.39 is 0 Å². The molecule has 0 aliphatic heterocycles. The topological polar surface area (TPSA) is 99.7 Å². The van der Waals surface area contributed by atoms with E-state index in [1.807, 2.05) is 38.1 Å². The van der Waals surface area contributed by atoms with E-state index in [4.69, 9.17) is 9.47 Å². The second kappa shape index (κ2) is 10.0. The summed E-state index contributed by atoms with van der Waals surface area (Å²) in [5, 5.41) is 2.95. The molecule has 0 radical (unpaired) electrons. The maximum Gasteiger partial charge on any atom is 0.274 e. The summed E-state index contributed by atoms with van der Waals surface area (Å²) in [4.78, 5) is 35.2. The predicted octanol–water partition coefficient (Wildman–Crippen LogP) is 4.03. The first kappa shape index (κ1) is 23.4. The molecule has 0 saturated heterocycles. The van der Waals surface area contributed by atoms with Crippen LogP contribution in [0, 0.1) is 0 Å². The fraction of sp³-hybridized carbons (Fsp3) is 0.250. The average molecular weight is 480 g/mol. The Labute approximate surface area is 200 Å². The number of aromatic nitrogens is 4. The van der Waals surface area contributed by atoms with Crippen LogP contribution in [0.25, 0.3) is 5.78 Å². The van der Waals surface area contributed by atoms with Crippen molar-refractivity contribution >= 4 is 29.1 Å². The maximum absolute atomic E-state index is 12.9. The lowest BCUT2D eigenvalue weighted by atomic mass is 10.2. The van der Waals surface area contributed by atoms with Crippen LogP contribution in [0.5, 0.6) is 11.5 Å². The number of carbonyl (C=O) groups excluding carboxylic acids is 1. The van der Waals surface area contributed by atoms with E-state index in [9.17, 15) is 9.59 Å². The van der Waals surface area contributed by atoms with Gasteiger partial charge in [0.05, 0.1) is 25.6 Å². The summed E-state index contributed by atoms with van der Waals surface area (Å²) >= 11 is 1.47. The molecule has 9 nitrogen and oxygen atoms in total. The lowest BCUT2D eigenvalue weighted by Gasteiger charge is -2.12. The van der Waals surface area contributed by atoms with Crippen LogP contribution in [0.4, 0.5) is 5.69 Å². The fourth-order valence-corrected chi connectivity index (χ4v) is 4.29. The molecule has 0 aliphatic carbocycles. The number of hydrogen-bond donors (Lipinski definition) is 1. The highest BCUT2D eigenvalue weighted by molar-refractivity contribution is 7.98. The van der Waals surface area contributed by atoms with Gasteiger partial charge in [-0.15, -0.1) is 11.8 Å². The van der Waals surface area contributed by atoms with Crippen molar-refractivity contribution in [3.8, 4) is 11.5 Å². The van der Waals surface area contributed by atoms with Gasteiger partial charge in [0.25, 0.3) is 17.2 Å². The number of rotatable bonds is 8. The summed E-state index contributed by atoms with van der Waals surface area (Å²) in [6.45, 7) is 3.95. The zero-order valence-electron chi connectivity index (χ0n) is 19.3. The van der Waals surface area contributed by atoms with E-state index in [1.165, 1.54) is 36.6 Å². The molecule has 2 aromatic heterocycles. The molecule has 1 amide bonds. The SMILES string of the molecule is COc1cc(OC)cc(C(=O)Nc2ccccc2SCc2cc(=O)n3c(ncn3C(C)C)n2)c1. The Hall–Kier alpha value is -3.79. The number of amides is 1. The smallest absolute Gasteiger partial charge is 0.274 e. The molecule has 10 heteroatoms. The third-order valence-corrected chi connectivity index (χ3v) is 6.21. The van der Waals surface area contributed by atoms with Gasteiger partial charge in [-0.3, -0.25) is 14.3 Å². The summed E-state index contributed by atoms with van der Waals surface area (Å²) in [5.74, 6) is 1.58. The molecule has 0 aliphatic rings. The first-order chi connectivity index (χ1) is 16.4. The van der Waals surface area contributed by atoms with Crippen LogP contribution < -0.4 is 20.3 Å². The van der Waals surface area contributed by atoms with Crippen molar-refractivity contribution in [3.05, 3.63) is 76.5 Å². The van der Waals surface area contributed by atoms with Gasteiger partial charge in [-0.2, -0.15) is 9.50 Å². The molecule has 0 bridgehead atoms. The van der Waals surface area contributed by atoms with Gasteiger partial charge in [-0.05, 0) is 38.1 Å². The lowest BCUT2D eigenvalue weighted by molar-refractivity contribution is 0.102. The van der Waals surface area contributed by atoms with Gasteiger partial charge in [0.15, 0.2) is 0 Å². The van der Waals surface area contributed by atoms with Crippen molar-refractivity contribution in [2.75, 3.05) is 19.5 Å². The van der Waals surface area contributed by atoms with Crippen molar-refractivity contribution < 1.29 is 14.3 Å². The van der Waals surface area contributed by atoms with Gasteiger partial charge in [-0.25, -0.2) is 4.98 Å². The summed E-state index contributed by atoms with van der Waals surface area (Å²) in [6, 6.07) is 14.1. The van der Waals surface area contributed by atoms with Crippen molar-refractivity contribution in [1.82, 2.24) is 19.2 Å². The number of benzene rings is 2. The highest BCUT2D eigenvalue weighted by Gasteiger charge is 2.14. The summed E-state index contributed by atoms with van der Waals surface area (Å²) in [7, 11) is 3.07. The van der Waals surface area contributed by atoms with Crippen LogP contribution in [0.3, 0.4) is 0 Å². The number of hydrogen-bond acceptors (Lipinski definition) is 7. The fourth-order valence-electron chi connectivity index (χ4n) is 3.39. The molecule has 0 atom stereocenters. The normalized spacial score (nSPS) is 11.1. The number of thioether (sulfide) groups is 1. The Kier molecular flexibility index (Phi) is 6.87. The lowest BCUT2D eigenvalue weighted by Crippen LogP contribution is -2.22. The zero-order valence-corrected chi connectivity index (χ0v) is 20.1. The molecule has 4 rings (SSSR count). The number of nitrogens with zero attached hydrogens (tertiary/aromatic N) is 4. The number of methoxy groups -OCH3 is 2. The summed E-state index contributed by atoms with van der Waals surface area (Å²) in [6.07, 6.45) is 1.61. The molecular formula is C24H25N5O4S. The average Bonchev–Trinajstić information content (AvgIpc) is 3.28. The van der Waals surface area contributed by atoms with E-state index in [0.717, 1.165) is 4.90 Å². The van der Waals surface area contributed by atoms with Crippen molar-refractivity contribution in [2.24, 2.45) is 0 Å². The minimum atomic E-state index is -0.290. The van der Waals surface area contributed by atoms with Crippen LogP contribution in [-0.2, 0) is 5.75 Å². The van der Waals surface area contributed by atoms with Crippen molar-refractivity contribution in [2.45, 2.75) is 30.5 Å². The molecule has 2 heterocycles. The van der Waals surface area contributed by atoms with Crippen LogP contribution >= 0.6 is 11.8 Å². The minimum Gasteiger partial charge on any atom is -0.497 e. The molecule has 0 fully saturated rings. The van der Waals surface area contributed by atoms with Gasteiger partial charge in [0.1, 0.15) is 17.8 Å². The summed E-state index contributed by atoms with van der Waals surface area (Å²) in [5.41, 5.74) is 1.50. The summed E-state index contributed by atoms with van der Waals surface area (Å²) < 4.78 is 13.7. The molecule has 0 saturated carbocycles. The molecule has 0 spiro atoms. The molecule has 0 unspecified atom stereocenters.